The van der Waals surface area contributed by atoms with Crippen molar-refractivity contribution in [1.82, 2.24) is 19.9 Å². The Kier molecular flexibility index (Phi) is 1.97. The largest absolute Gasteiger partial charge is 0.315 e. The molecular weight excluding hydrogens is 212 g/mol. The van der Waals surface area contributed by atoms with Gasteiger partial charge in [-0.2, -0.15) is 10.5 Å². The lowest BCUT2D eigenvalue weighted by atomic mass is 10.3. The van der Waals surface area contributed by atoms with Crippen molar-refractivity contribution in [2.45, 2.75) is 0 Å². The molecule has 0 aromatic carbocycles. The molecule has 8 nitrogen and oxygen atoms in total. The number of hydrogen-bond acceptors (Lipinski definition) is 6. The first-order valence-corrected chi connectivity index (χ1v) is 4.00. The predicted molar refractivity (Wildman–Crippen MR) is 50.2 cm³/mol. The molecule has 0 atom stereocenters. The Morgan fingerprint density at radius 3 is 1.56 bits per heavy atom. The third-order valence-electron chi connectivity index (χ3n) is 1.78. The number of H-pyrrole nitrogens is 2. The Morgan fingerprint density at radius 1 is 0.875 bits per heavy atom. The number of nitrogens with zero attached hydrogens (tertiary/aromatic N) is 4. The maximum absolute atomic E-state index is 11.0. The Morgan fingerprint density at radius 2 is 1.25 bits per heavy atom. The van der Waals surface area contributed by atoms with Crippen LogP contribution in [-0.2, 0) is 0 Å². The summed E-state index contributed by atoms with van der Waals surface area (Å²) in [4.78, 5) is 33.6. The van der Waals surface area contributed by atoms with E-state index in [4.69, 9.17) is 10.5 Å². The van der Waals surface area contributed by atoms with E-state index in [1.54, 1.807) is 12.1 Å². The first-order chi connectivity index (χ1) is 7.65. The van der Waals surface area contributed by atoms with Gasteiger partial charge in [0.1, 0.15) is 12.1 Å². The van der Waals surface area contributed by atoms with Crippen LogP contribution in [-0.4, -0.2) is 19.9 Å². The molecule has 0 amide bonds. The molecule has 0 unspecified atom stereocenters. The highest BCUT2D eigenvalue weighted by atomic mass is 16.2. The monoisotopic (exact) mass is 214 g/mol. The molecule has 0 bridgehead atoms. The lowest BCUT2D eigenvalue weighted by Gasteiger charge is -1.97. The van der Waals surface area contributed by atoms with Gasteiger partial charge in [-0.3, -0.25) is 19.6 Å². The summed E-state index contributed by atoms with van der Waals surface area (Å²) in [6.07, 6.45) is 0. The minimum absolute atomic E-state index is 0.0415. The summed E-state index contributed by atoms with van der Waals surface area (Å²) in [5.41, 5.74) is -2.29. The van der Waals surface area contributed by atoms with E-state index in [9.17, 15) is 9.59 Å². The SMILES string of the molecule is N#Cc1nc2[nH]c(=O)c(=O)[nH]c2nc1C#N. The average molecular weight is 214 g/mol. The third-order valence-corrected chi connectivity index (χ3v) is 1.78. The summed E-state index contributed by atoms with van der Waals surface area (Å²) >= 11 is 0. The van der Waals surface area contributed by atoms with Crippen LogP contribution in [0.3, 0.4) is 0 Å². The highest BCUT2D eigenvalue weighted by Gasteiger charge is 2.09. The van der Waals surface area contributed by atoms with Gasteiger partial charge in [-0.05, 0) is 0 Å². The van der Waals surface area contributed by atoms with E-state index in [2.05, 4.69) is 19.9 Å². The van der Waals surface area contributed by atoms with Crippen molar-refractivity contribution < 1.29 is 0 Å². The van der Waals surface area contributed by atoms with Crippen molar-refractivity contribution in [3.05, 3.63) is 32.1 Å². The Bertz CT molecular complexity index is 706. The van der Waals surface area contributed by atoms with E-state index in [0.717, 1.165) is 0 Å². The standard InChI is InChI=1S/C8H2N6O2/c9-1-3-4(2-10)12-6-5(11-3)13-7(15)8(16)14-6/h(H,11,13,15)(H,12,14,16). The highest BCUT2D eigenvalue weighted by Crippen LogP contribution is 2.04. The quantitative estimate of drug-likeness (QED) is 0.525. The molecule has 0 aliphatic rings. The van der Waals surface area contributed by atoms with Crippen molar-refractivity contribution in [1.29, 1.82) is 10.5 Å². The zero-order valence-corrected chi connectivity index (χ0v) is 7.61. The second-order valence-corrected chi connectivity index (χ2v) is 2.75. The Balaban J connectivity index is 2.98. The number of aromatic nitrogens is 4. The molecule has 8 heteroatoms. The number of aromatic amines is 2. The fourth-order valence-electron chi connectivity index (χ4n) is 1.09. The Hall–Kier alpha value is -3.00. The molecular formula is C8H2N6O2. The average Bonchev–Trinajstić information content (AvgIpc) is 2.29. The van der Waals surface area contributed by atoms with E-state index in [0.29, 0.717) is 0 Å². The van der Waals surface area contributed by atoms with Crippen LogP contribution < -0.4 is 11.1 Å². The van der Waals surface area contributed by atoms with E-state index in [1.807, 2.05) is 0 Å². The lowest BCUT2D eigenvalue weighted by Crippen LogP contribution is -2.29. The van der Waals surface area contributed by atoms with E-state index in [-0.39, 0.29) is 22.7 Å². The van der Waals surface area contributed by atoms with Gasteiger partial charge in [0, 0.05) is 0 Å². The molecule has 0 saturated heterocycles. The van der Waals surface area contributed by atoms with E-state index in [1.165, 1.54) is 0 Å². The smallest absolute Gasteiger partial charge is 0.299 e. The van der Waals surface area contributed by atoms with Gasteiger partial charge in [0.25, 0.3) is 0 Å². The molecule has 2 rings (SSSR count). The third kappa shape index (κ3) is 1.31. The molecule has 2 aromatic rings. The van der Waals surface area contributed by atoms with Crippen LogP contribution in [0, 0.1) is 22.7 Å². The molecule has 0 aliphatic heterocycles. The number of rotatable bonds is 0. The van der Waals surface area contributed by atoms with Gasteiger partial charge in [-0.1, -0.05) is 0 Å². The summed E-state index contributed by atoms with van der Waals surface area (Å²) < 4.78 is 0. The number of fused-ring (bicyclic) bond motifs is 1. The van der Waals surface area contributed by atoms with Crippen LogP contribution in [0.5, 0.6) is 0 Å². The summed E-state index contributed by atoms with van der Waals surface area (Å²) in [5.74, 6) is 0. The summed E-state index contributed by atoms with van der Waals surface area (Å²) in [6.45, 7) is 0. The minimum atomic E-state index is -0.893. The van der Waals surface area contributed by atoms with Crippen LogP contribution in [0.2, 0.25) is 0 Å². The molecule has 16 heavy (non-hydrogen) atoms. The summed E-state index contributed by atoms with van der Waals surface area (Å²) in [5, 5.41) is 17.3. The highest BCUT2D eigenvalue weighted by molar-refractivity contribution is 5.65. The predicted octanol–water partition coefficient (Wildman–Crippen LogP) is -1.25. The maximum atomic E-state index is 11.0. The van der Waals surface area contributed by atoms with Gasteiger partial charge in [0.05, 0.1) is 0 Å². The van der Waals surface area contributed by atoms with Gasteiger partial charge in [-0.25, -0.2) is 9.97 Å². The number of hydrogen-bond donors (Lipinski definition) is 2. The molecule has 2 N–H and O–H groups in total. The van der Waals surface area contributed by atoms with Crippen LogP contribution in [0.4, 0.5) is 0 Å². The first kappa shape index (κ1) is 9.55. The number of nitriles is 2. The van der Waals surface area contributed by atoms with Crippen molar-refractivity contribution in [3.63, 3.8) is 0 Å². The summed E-state index contributed by atoms with van der Waals surface area (Å²) in [6, 6.07) is 3.33. The van der Waals surface area contributed by atoms with Gasteiger partial charge in [0.15, 0.2) is 22.7 Å². The minimum Gasteiger partial charge on any atom is -0.299 e. The fourth-order valence-corrected chi connectivity index (χ4v) is 1.09. The van der Waals surface area contributed by atoms with E-state index < -0.39 is 11.1 Å². The molecule has 0 radical (unpaired) electrons. The van der Waals surface area contributed by atoms with Crippen molar-refractivity contribution in [3.8, 4) is 12.1 Å². The van der Waals surface area contributed by atoms with Crippen molar-refractivity contribution >= 4 is 11.3 Å². The van der Waals surface area contributed by atoms with E-state index >= 15 is 0 Å². The summed E-state index contributed by atoms with van der Waals surface area (Å²) in [7, 11) is 0. The zero-order valence-electron chi connectivity index (χ0n) is 7.61. The Labute approximate surface area is 86.8 Å². The fraction of sp³-hybridized carbons (Fsp3) is 0. The van der Waals surface area contributed by atoms with Crippen LogP contribution >= 0.6 is 0 Å². The normalized spacial score (nSPS) is 9.62. The lowest BCUT2D eigenvalue weighted by molar-refractivity contribution is 1.06. The zero-order chi connectivity index (χ0) is 11.7. The van der Waals surface area contributed by atoms with Gasteiger partial charge in [-0.15, -0.1) is 0 Å². The van der Waals surface area contributed by atoms with Gasteiger partial charge in [0.2, 0.25) is 0 Å². The topological polar surface area (TPSA) is 139 Å². The van der Waals surface area contributed by atoms with Gasteiger partial charge >= 0.3 is 11.1 Å². The molecule has 2 heterocycles. The molecule has 76 valence electrons. The van der Waals surface area contributed by atoms with Crippen LogP contribution in [0.1, 0.15) is 11.4 Å². The van der Waals surface area contributed by atoms with Crippen molar-refractivity contribution in [2.24, 2.45) is 0 Å². The first-order valence-electron chi connectivity index (χ1n) is 4.00. The molecule has 0 fully saturated rings. The van der Waals surface area contributed by atoms with Crippen LogP contribution in [0.25, 0.3) is 11.3 Å². The maximum Gasteiger partial charge on any atom is 0.315 e. The molecule has 2 aromatic heterocycles. The van der Waals surface area contributed by atoms with Gasteiger partial charge < -0.3 is 0 Å². The van der Waals surface area contributed by atoms with Crippen LogP contribution in [0.15, 0.2) is 9.59 Å². The van der Waals surface area contributed by atoms with Crippen molar-refractivity contribution in [2.75, 3.05) is 0 Å². The molecule has 0 spiro atoms. The second-order valence-electron chi connectivity index (χ2n) is 2.75. The second kappa shape index (κ2) is 3.29. The number of nitrogens with one attached hydrogen (secondary N) is 2. The molecule has 0 aliphatic carbocycles. The molecule has 0 saturated carbocycles.